The van der Waals surface area contributed by atoms with Crippen molar-refractivity contribution in [1.29, 1.82) is 0 Å². The molecular formula is C14H22FN3O. The van der Waals surface area contributed by atoms with Crippen LogP contribution < -0.4 is 11.1 Å². The van der Waals surface area contributed by atoms with Gasteiger partial charge in [0, 0.05) is 12.2 Å². The Bertz CT molecular complexity index is 435. The highest BCUT2D eigenvalue weighted by atomic mass is 19.1. The number of carbonyl (C=O) groups is 1. The number of likely N-dealkylation sites (N-methyl/N-ethyl adjacent to an activating group) is 1. The molecule has 19 heavy (non-hydrogen) atoms. The Morgan fingerprint density at radius 1 is 1.47 bits per heavy atom. The number of nitrogens with two attached hydrogens (primary N) is 1. The number of rotatable bonds is 6. The second kappa shape index (κ2) is 7.09. The Kier molecular flexibility index (Phi) is 5.76. The van der Waals surface area contributed by atoms with E-state index >= 15 is 0 Å². The van der Waals surface area contributed by atoms with Gasteiger partial charge in [-0.25, -0.2) is 4.39 Å². The van der Waals surface area contributed by atoms with Crippen LogP contribution in [0, 0.1) is 11.7 Å². The fourth-order valence-electron chi connectivity index (χ4n) is 1.85. The minimum atomic E-state index is -0.479. The maximum Gasteiger partial charge on any atom is 0.238 e. The van der Waals surface area contributed by atoms with Crippen molar-refractivity contribution < 1.29 is 9.18 Å². The molecular weight excluding hydrogens is 245 g/mol. The van der Waals surface area contributed by atoms with Crippen molar-refractivity contribution in [3.63, 3.8) is 0 Å². The van der Waals surface area contributed by atoms with Gasteiger partial charge in [0.15, 0.2) is 0 Å². The lowest BCUT2D eigenvalue weighted by Gasteiger charge is -2.21. The number of hydrogen-bond donors (Lipinski definition) is 2. The summed E-state index contributed by atoms with van der Waals surface area (Å²) in [6.45, 7) is 8.26. The zero-order chi connectivity index (χ0) is 14.4. The number of nitrogens with zero attached hydrogens (tertiary/aromatic N) is 1. The number of halogens is 1. The maximum absolute atomic E-state index is 13.0. The summed E-state index contributed by atoms with van der Waals surface area (Å²) in [7, 11) is 0. The van der Waals surface area contributed by atoms with Crippen LogP contribution in [0.15, 0.2) is 18.2 Å². The Morgan fingerprint density at radius 3 is 2.68 bits per heavy atom. The summed E-state index contributed by atoms with van der Waals surface area (Å²) in [5.41, 5.74) is 6.01. The molecule has 1 amide bonds. The molecule has 5 heteroatoms. The molecule has 106 valence electrons. The monoisotopic (exact) mass is 267 g/mol. The molecule has 0 saturated heterocycles. The minimum Gasteiger partial charge on any atom is -0.396 e. The van der Waals surface area contributed by atoms with Crippen LogP contribution in [-0.4, -0.2) is 30.4 Å². The summed E-state index contributed by atoms with van der Waals surface area (Å²) in [4.78, 5) is 13.9. The number of carbonyl (C=O) groups excluding carboxylic acids is 1. The fraction of sp³-hybridized carbons (Fsp3) is 0.500. The zero-order valence-corrected chi connectivity index (χ0v) is 11.7. The smallest absolute Gasteiger partial charge is 0.238 e. The third-order valence-electron chi connectivity index (χ3n) is 2.72. The fourth-order valence-corrected chi connectivity index (χ4v) is 1.85. The van der Waals surface area contributed by atoms with Crippen molar-refractivity contribution >= 4 is 17.3 Å². The first-order chi connectivity index (χ1) is 8.92. The van der Waals surface area contributed by atoms with Crippen LogP contribution >= 0.6 is 0 Å². The zero-order valence-electron chi connectivity index (χ0n) is 11.7. The number of nitrogen functional groups attached to an aromatic ring is 1. The van der Waals surface area contributed by atoms with Gasteiger partial charge in [0.1, 0.15) is 5.82 Å². The van der Waals surface area contributed by atoms with Crippen LogP contribution in [0.25, 0.3) is 0 Å². The van der Waals surface area contributed by atoms with E-state index in [1.54, 1.807) is 0 Å². The maximum atomic E-state index is 13.0. The van der Waals surface area contributed by atoms with E-state index in [2.05, 4.69) is 24.1 Å². The third kappa shape index (κ3) is 5.26. The van der Waals surface area contributed by atoms with Gasteiger partial charge in [0.05, 0.1) is 12.2 Å². The summed E-state index contributed by atoms with van der Waals surface area (Å²) < 4.78 is 13.0. The van der Waals surface area contributed by atoms with E-state index in [-0.39, 0.29) is 11.6 Å². The largest absolute Gasteiger partial charge is 0.396 e. The highest BCUT2D eigenvalue weighted by Gasteiger charge is 2.11. The Labute approximate surface area is 113 Å². The summed E-state index contributed by atoms with van der Waals surface area (Å²) in [6, 6.07) is 4.17. The van der Waals surface area contributed by atoms with E-state index in [4.69, 9.17) is 5.73 Å². The lowest BCUT2D eigenvalue weighted by atomic mass is 10.2. The van der Waals surface area contributed by atoms with E-state index in [0.717, 1.165) is 13.1 Å². The number of benzene rings is 1. The molecule has 0 atom stereocenters. The van der Waals surface area contributed by atoms with Gasteiger partial charge in [-0.15, -0.1) is 0 Å². The molecule has 0 aliphatic rings. The molecule has 1 aromatic carbocycles. The van der Waals surface area contributed by atoms with Crippen molar-refractivity contribution in [3.8, 4) is 0 Å². The van der Waals surface area contributed by atoms with Crippen LogP contribution in [-0.2, 0) is 4.79 Å². The summed E-state index contributed by atoms with van der Waals surface area (Å²) in [6.07, 6.45) is 0. The van der Waals surface area contributed by atoms with Gasteiger partial charge in [0.25, 0.3) is 0 Å². The number of nitrogens with one attached hydrogen (secondary N) is 1. The van der Waals surface area contributed by atoms with Crippen LogP contribution in [0.3, 0.4) is 0 Å². The van der Waals surface area contributed by atoms with Gasteiger partial charge in [-0.2, -0.15) is 0 Å². The molecule has 0 aliphatic carbocycles. The third-order valence-corrected chi connectivity index (χ3v) is 2.72. The standard InChI is InChI=1S/C14H22FN3O/c1-4-18(8-10(2)3)9-14(19)17-11-5-6-12(15)13(16)7-11/h5-7,10H,4,8-9,16H2,1-3H3,(H,17,19). The van der Waals surface area contributed by atoms with E-state index in [9.17, 15) is 9.18 Å². The average Bonchev–Trinajstić information content (AvgIpc) is 2.32. The molecule has 0 saturated carbocycles. The van der Waals surface area contributed by atoms with Crippen LogP contribution in [0.5, 0.6) is 0 Å². The lowest BCUT2D eigenvalue weighted by Crippen LogP contribution is -2.35. The second-order valence-corrected chi connectivity index (χ2v) is 5.01. The van der Waals surface area contributed by atoms with Gasteiger partial charge in [-0.05, 0) is 30.7 Å². The van der Waals surface area contributed by atoms with Gasteiger partial charge in [-0.1, -0.05) is 20.8 Å². The molecule has 0 aromatic heterocycles. The SMILES string of the molecule is CCN(CC(=O)Nc1ccc(F)c(N)c1)CC(C)C. The van der Waals surface area contributed by atoms with E-state index in [0.29, 0.717) is 18.2 Å². The Hall–Kier alpha value is -1.62. The number of amides is 1. The van der Waals surface area contributed by atoms with Crippen LogP contribution in [0.4, 0.5) is 15.8 Å². The molecule has 0 heterocycles. The van der Waals surface area contributed by atoms with Crippen molar-refractivity contribution in [2.75, 3.05) is 30.7 Å². The van der Waals surface area contributed by atoms with Gasteiger partial charge in [0.2, 0.25) is 5.91 Å². The predicted molar refractivity (Wildman–Crippen MR) is 76.4 cm³/mol. The molecule has 1 aromatic rings. The molecule has 0 spiro atoms. The molecule has 3 N–H and O–H groups in total. The first-order valence-electron chi connectivity index (χ1n) is 6.49. The molecule has 4 nitrogen and oxygen atoms in total. The van der Waals surface area contributed by atoms with Crippen molar-refractivity contribution in [1.82, 2.24) is 4.90 Å². The van der Waals surface area contributed by atoms with E-state index < -0.39 is 5.82 Å². The number of anilines is 2. The molecule has 0 fully saturated rings. The summed E-state index contributed by atoms with van der Waals surface area (Å²) >= 11 is 0. The Morgan fingerprint density at radius 2 is 2.16 bits per heavy atom. The molecule has 0 bridgehead atoms. The van der Waals surface area contributed by atoms with Gasteiger partial charge < -0.3 is 11.1 Å². The summed E-state index contributed by atoms with van der Waals surface area (Å²) in [5, 5.41) is 2.72. The molecule has 0 radical (unpaired) electrons. The Balaban J connectivity index is 2.56. The highest BCUT2D eigenvalue weighted by Crippen LogP contribution is 2.16. The van der Waals surface area contributed by atoms with E-state index in [1.807, 2.05) is 6.92 Å². The van der Waals surface area contributed by atoms with Gasteiger partial charge >= 0.3 is 0 Å². The van der Waals surface area contributed by atoms with Gasteiger partial charge in [-0.3, -0.25) is 9.69 Å². The molecule has 1 rings (SSSR count). The average molecular weight is 267 g/mol. The normalized spacial score (nSPS) is 11.1. The summed E-state index contributed by atoms with van der Waals surface area (Å²) in [5.74, 6) is -0.0873. The molecule has 0 aliphatic heterocycles. The minimum absolute atomic E-state index is 0.0346. The first-order valence-corrected chi connectivity index (χ1v) is 6.49. The first kappa shape index (κ1) is 15.4. The second-order valence-electron chi connectivity index (χ2n) is 5.01. The van der Waals surface area contributed by atoms with Crippen LogP contribution in [0.2, 0.25) is 0 Å². The van der Waals surface area contributed by atoms with Crippen molar-refractivity contribution in [2.24, 2.45) is 5.92 Å². The lowest BCUT2D eigenvalue weighted by molar-refractivity contribution is -0.117. The molecule has 0 unspecified atom stereocenters. The highest BCUT2D eigenvalue weighted by molar-refractivity contribution is 5.92. The van der Waals surface area contributed by atoms with Crippen molar-refractivity contribution in [3.05, 3.63) is 24.0 Å². The quantitative estimate of drug-likeness (QED) is 0.778. The van der Waals surface area contributed by atoms with E-state index in [1.165, 1.54) is 18.2 Å². The van der Waals surface area contributed by atoms with Crippen molar-refractivity contribution in [2.45, 2.75) is 20.8 Å². The van der Waals surface area contributed by atoms with Crippen LogP contribution in [0.1, 0.15) is 20.8 Å². The number of hydrogen-bond acceptors (Lipinski definition) is 3. The topological polar surface area (TPSA) is 58.4 Å². The predicted octanol–water partition coefficient (Wildman–Crippen LogP) is 2.32.